The second-order valence-corrected chi connectivity index (χ2v) is 6.57. The minimum Gasteiger partial charge on any atom is -0.326 e. The van der Waals surface area contributed by atoms with E-state index in [1.807, 2.05) is 37.4 Å². The maximum Gasteiger partial charge on any atom is 0.228 e. The van der Waals surface area contributed by atoms with Gasteiger partial charge in [0.15, 0.2) is 5.82 Å². The van der Waals surface area contributed by atoms with Crippen LogP contribution in [0.25, 0.3) is 11.4 Å². The molecule has 0 aliphatic heterocycles. The summed E-state index contributed by atoms with van der Waals surface area (Å²) < 4.78 is 2.47. The van der Waals surface area contributed by atoms with Gasteiger partial charge in [0, 0.05) is 27.8 Å². The van der Waals surface area contributed by atoms with Crippen LogP contribution in [0.1, 0.15) is 5.56 Å². The number of carbonyl (C=O) groups excluding carboxylic acids is 1. The Hall–Kier alpha value is -2.18. The quantitative estimate of drug-likeness (QED) is 0.711. The number of nitrogens with one attached hydrogen (secondary N) is 1. The van der Waals surface area contributed by atoms with Gasteiger partial charge in [-0.15, -0.1) is 0 Å². The van der Waals surface area contributed by atoms with Crippen LogP contribution in [-0.2, 0) is 18.3 Å². The van der Waals surface area contributed by atoms with Crippen LogP contribution in [0.15, 0.2) is 53.3 Å². The van der Waals surface area contributed by atoms with Crippen LogP contribution in [-0.4, -0.2) is 20.7 Å². The molecule has 1 aromatic heterocycles. The molecule has 0 spiro atoms. The van der Waals surface area contributed by atoms with Gasteiger partial charge in [-0.2, -0.15) is 5.10 Å². The number of anilines is 1. The van der Waals surface area contributed by atoms with E-state index in [9.17, 15) is 4.79 Å². The van der Waals surface area contributed by atoms with E-state index in [1.165, 1.54) is 0 Å². The fourth-order valence-corrected chi connectivity index (χ4v) is 3.04. The summed E-state index contributed by atoms with van der Waals surface area (Å²) in [5.74, 6) is 0.558. The molecule has 0 aliphatic carbocycles. The molecule has 0 unspecified atom stereocenters. The van der Waals surface area contributed by atoms with Gasteiger partial charge in [-0.25, -0.2) is 4.98 Å². The Bertz CT molecular complexity index is 877. The van der Waals surface area contributed by atoms with Gasteiger partial charge in [0.1, 0.15) is 6.33 Å². The fourth-order valence-electron chi connectivity index (χ4n) is 2.22. The van der Waals surface area contributed by atoms with Gasteiger partial charge >= 0.3 is 0 Å². The largest absolute Gasteiger partial charge is 0.326 e. The number of aryl methyl sites for hydroxylation is 1. The number of rotatable bonds is 4. The lowest BCUT2D eigenvalue weighted by molar-refractivity contribution is -0.115. The van der Waals surface area contributed by atoms with E-state index in [0.717, 1.165) is 21.3 Å². The van der Waals surface area contributed by atoms with Crippen molar-refractivity contribution in [2.45, 2.75) is 6.42 Å². The third kappa shape index (κ3) is 4.01. The van der Waals surface area contributed by atoms with Crippen molar-refractivity contribution in [3.05, 3.63) is 63.9 Å². The van der Waals surface area contributed by atoms with Crippen LogP contribution < -0.4 is 5.32 Å². The standard InChI is InChI=1S/C17H14BrClN4O/c1-23-10-20-17(22-23)11-3-6-14(7-4-11)21-16(24)8-12-2-5-13(19)9-15(12)18/h2-7,9-10H,8H2,1H3,(H,21,24). The van der Waals surface area contributed by atoms with Crippen molar-refractivity contribution in [1.29, 1.82) is 0 Å². The third-order valence-corrected chi connectivity index (χ3v) is 4.37. The van der Waals surface area contributed by atoms with Crippen molar-refractivity contribution in [3.63, 3.8) is 0 Å². The van der Waals surface area contributed by atoms with Crippen LogP contribution >= 0.6 is 27.5 Å². The number of halogens is 2. The van der Waals surface area contributed by atoms with Crippen molar-refractivity contribution >= 4 is 39.1 Å². The number of aromatic nitrogens is 3. The summed E-state index contributed by atoms with van der Waals surface area (Å²) in [4.78, 5) is 16.4. The first kappa shape index (κ1) is 16.7. The molecule has 0 radical (unpaired) electrons. The van der Waals surface area contributed by atoms with E-state index in [4.69, 9.17) is 11.6 Å². The number of benzene rings is 2. The molecular formula is C17H14BrClN4O. The number of amides is 1. The lowest BCUT2D eigenvalue weighted by atomic mass is 10.1. The molecule has 1 N–H and O–H groups in total. The van der Waals surface area contributed by atoms with Gasteiger partial charge in [-0.3, -0.25) is 9.48 Å². The molecule has 0 fully saturated rings. The average Bonchev–Trinajstić information content (AvgIpc) is 2.97. The molecular weight excluding hydrogens is 392 g/mol. The van der Waals surface area contributed by atoms with Gasteiger partial charge in [0.05, 0.1) is 6.42 Å². The van der Waals surface area contributed by atoms with Crippen LogP contribution in [0.4, 0.5) is 5.69 Å². The number of nitrogens with zero attached hydrogens (tertiary/aromatic N) is 3. The second-order valence-electron chi connectivity index (χ2n) is 5.28. The molecule has 5 nitrogen and oxygen atoms in total. The van der Waals surface area contributed by atoms with E-state index in [-0.39, 0.29) is 12.3 Å². The number of hydrogen-bond donors (Lipinski definition) is 1. The predicted octanol–water partition coefficient (Wildman–Crippen LogP) is 4.08. The molecule has 3 rings (SSSR count). The normalized spacial score (nSPS) is 10.6. The number of carbonyl (C=O) groups is 1. The van der Waals surface area contributed by atoms with Gasteiger partial charge in [0.2, 0.25) is 5.91 Å². The Balaban J connectivity index is 1.66. The molecule has 3 aromatic rings. The molecule has 1 heterocycles. The van der Waals surface area contributed by atoms with Gasteiger partial charge in [0.25, 0.3) is 0 Å². The molecule has 24 heavy (non-hydrogen) atoms. The highest BCUT2D eigenvalue weighted by atomic mass is 79.9. The molecule has 122 valence electrons. The van der Waals surface area contributed by atoms with Crippen molar-refractivity contribution in [3.8, 4) is 11.4 Å². The Kier molecular flexibility index (Phi) is 4.97. The Morgan fingerprint density at radius 3 is 2.62 bits per heavy atom. The van der Waals surface area contributed by atoms with Crippen molar-refractivity contribution in [1.82, 2.24) is 14.8 Å². The maximum absolute atomic E-state index is 12.2. The second kappa shape index (κ2) is 7.15. The summed E-state index contributed by atoms with van der Waals surface area (Å²) in [6.07, 6.45) is 1.91. The molecule has 0 saturated heterocycles. The van der Waals surface area contributed by atoms with Crippen LogP contribution in [0.2, 0.25) is 5.02 Å². The molecule has 0 aliphatic rings. The highest BCUT2D eigenvalue weighted by Crippen LogP contribution is 2.23. The van der Waals surface area contributed by atoms with E-state index in [0.29, 0.717) is 10.8 Å². The van der Waals surface area contributed by atoms with Gasteiger partial charge in [-0.1, -0.05) is 33.6 Å². The zero-order valence-electron chi connectivity index (χ0n) is 12.8. The summed E-state index contributed by atoms with van der Waals surface area (Å²) in [5.41, 5.74) is 2.50. The first-order valence-corrected chi connectivity index (χ1v) is 8.38. The monoisotopic (exact) mass is 404 g/mol. The van der Waals surface area contributed by atoms with E-state index in [1.54, 1.807) is 23.1 Å². The van der Waals surface area contributed by atoms with E-state index >= 15 is 0 Å². The van der Waals surface area contributed by atoms with E-state index < -0.39 is 0 Å². The highest BCUT2D eigenvalue weighted by Gasteiger charge is 2.09. The van der Waals surface area contributed by atoms with Crippen molar-refractivity contribution < 1.29 is 4.79 Å². The zero-order chi connectivity index (χ0) is 17.1. The SMILES string of the molecule is Cn1cnc(-c2ccc(NC(=O)Cc3ccc(Cl)cc3Br)cc2)n1. The first-order chi connectivity index (χ1) is 11.5. The predicted molar refractivity (Wildman–Crippen MR) is 97.9 cm³/mol. The maximum atomic E-state index is 12.2. The van der Waals surface area contributed by atoms with Crippen molar-refractivity contribution in [2.24, 2.45) is 7.05 Å². The van der Waals surface area contributed by atoms with Crippen LogP contribution in [0.3, 0.4) is 0 Å². The summed E-state index contributed by atoms with van der Waals surface area (Å²) >= 11 is 9.33. The first-order valence-electron chi connectivity index (χ1n) is 7.21. The minimum absolute atomic E-state index is 0.0956. The van der Waals surface area contributed by atoms with Crippen LogP contribution in [0, 0.1) is 0 Å². The Morgan fingerprint density at radius 1 is 1.25 bits per heavy atom. The van der Waals surface area contributed by atoms with E-state index in [2.05, 4.69) is 31.3 Å². The molecule has 1 amide bonds. The molecule has 2 aromatic carbocycles. The third-order valence-electron chi connectivity index (χ3n) is 3.39. The molecule has 0 atom stereocenters. The lowest BCUT2D eigenvalue weighted by Gasteiger charge is -2.07. The number of hydrogen-bond acceptors (Lipinski definition) is 3. The molecule has 7 heteroatoms. The summed E-state index contributed by atoms with van der Waals surface area (Å²) in [5, 5.41) is 7.75. The topological polar surface area (TPSA) is 59.8 Å². The Morgan fingerprint density at radius 2 is 2.00 bits per heavy atom. The average molecular weight is 406 g/mol. The van der Waals surface area contributed by atoms with Gasteiger partial charge < -0.3 is 5.32 Å². The van der Waals surface area contributed by atoms with Crippen molar-refractivity contribution in [2.75, 3.05) is 5.32 Å². The zero-order valence-corrected chi connectivity index (χ0v) is 15.2. The molecule has 0 saturated carbocycles. The lowest BCUT2D eigenvalue weighted by Crippen LogP contribution is -2.14. The summed E-state index contributed by atoms with van der Waals surface area (Å²) in [6.45, 7) is 0. The Labute approximate surface area is 152 Å². The van der Waals surface area contributed by atoms with Crippen LogP contribution in [0.5, 0.6) is 0 Å². The fraction of sp³-hybridized carbons (Fsp3) is 0.118. The smallest absolute Gasteiger partial charge is 0.228 e. The molecule has 0 bridgehead atoms. The highest BCUT2D eigenvalue weighted by molar-refractivity contribution is 9.10. The van der Waals surface area contributed by atoms with Gasteiger partial charge in [-0.05, 0) is 42.0 Å². The summed E-state index contributed by atoms with van der Waals surface area (Å²) in [7, 11) is 1.82. The minimum atomic E-state index is -0.0956. The summed E-state index contributed by atoms with van der Waals surface area (Å²) in [6, 6.07) is 12.8.